The molecule has 0 spiro atoms. The minimum absolute atomic E-state index is 0.0156. The van der Waals surface area contributed by atoms with Gasteiger partial charge in [-0.3, -0.25) is 14.4 Å². The first-order chi connectivity index (χ1) is 17.6. The number of rotatable bonds is 10. The van der Waals surface area contributed by atoms with Gasteiger partial charge in [-0.2, -0.15) is 0 Å². The van der Waals surface area contributed by atoms with Gasteiger partial charge in [-0.05, 0) is 19.8 Å². The van der Waals surface area contributed by atoms with Crippen molar-refractivity contribution < 1.29 is 43.2 Å². The van der Waals surface area contributed by atoms with Crippen molar-refractivity contribution in [3.63, 3.8) is 0 Å². The topological polar surface area (TPSA) is 150 Å². The summed E-state index contributed by atoms with van der Waals surface area (Å²) in [6.45, 7) is 6.36. The van der Waals surface area contributed by atoms with Crippen LogP contribution < -0.4 is 10.1 Å². The van der Waals surface area contributed by atoms with Crippen LogP contribution in [-0.2, 0) is 28.6 Å². The van der Waals surface area contributed by atoms with Crippen LogP contribution in [0.1, 0.15) is 63.9 Å². The van der Waals surface area contributed by atoms with E-state index in [2.05, 4.69) is 17.2 Å². The van der Waals surface area contributed by atoms with E-state index < -0.39 is 66.3 Å². The lowest BCUT2D eigenvalue weighted by atomic mass is 9.94. The van der Waals surface area contributed by atoms with Gasteiger partial charge in [0.25, 0.3) is 5.91 Å². The maximum Gasteiger partial charge on any atom is 0.332 e. The molecule has 11 heteroatoms. The summed E-state index contributed by atoms with van der Waals surface area (Å²) in [4.78, 5) is 55.0. The van der Waals surface area contributed by atoms with Crippen molar-refractivity contribution in [3.05, 3.63) is 30.1 Å². The first-order valence-electron chi connectivity index (χ1n) is 12.4. The molecular formula is C26H36N2O9. The molecule has 1 fully saturated rings. The molecule has 1 aromatic rings. The number of carbonyl (C=O) groups is 4. The maximum absolute atomic E-state index is 13.1. The Hall–Kier alpha value is -3.63. The molecule has 4 unspecified atom stereocenters. The number of aromatic hydroxyl groups is 1. The molecule has 0 aromatic carbocycles. The average Bonchev–Trinajstić information content (AvgIpc) is 2.89. The van der Waals surface area contributed by atoms with Crippen molar-refractivity contribution in [2.45, 2.75) is 71.6 Å². The number of ether oxygens (including phenoxy) is 4. The number of nitrogens with zero attached hydrogens (tertiary/aromatic N) is 1. The van der Waals surface area contributed by atoms with Crippen LogP contribution in [0.2, 0.25) is 0 Å². The third kappa shape index (κ3) is 8.19. The van der Waals surface area contributed by atoms with E-state index in [9.17, 15) is 24.3 Å². The molecule has 204 valence electrons. The summed E-state index contributed by atoms with van der Waals surface area (Å²) in [7, 11) is 1.31. The highest BCUT2D eigenvalue weighted by atomic mass is 16.6. The van der Waals surface area contributed by atoms with Crippen LogP contribution in [0.4, 0.5) is 0 Å². The van der Waals surface area contributed by atoms with Gasteiger partial charge in [0, 0.05) is 12.3 Å². The lowest BCUT2D eigenvalue weighted by Gasteiger charge is -2.29. The Kier molecular flexibility index (Phi) is 11.4. The van der Waals surface area contributed by atoms with Gasteiger partial charge < -0.3 is 29.4 Å². The summed E-state index contributed by atoms with van der Waals surface area (Å²) >= 11 is 0. The van der Waals surface area contributed by atoms with Crippen LogP contribution in [0.5, 0.6) is 11.5 Å². The van der Waals surface area contributed by atoms with Crippen LogP contribution in [0.3, 0.4) is 0 Å². The number of hydrogen-bond acceptors (Lipinski definition) is 10. The van der Waals surface area contributed by atoms with Crippen molar-refractivity contribution in [1.82, 2.24) is 10.3 Å². The minimum atomic E-state index is -1.40. The monoisotopic (exact) mass is 520 g/mol. The standard InChI is InChI=1S/C26H36N2O9/c1-6-7-8-9-10-11-17-22(37-24(31)15(2)3)16(4)36-26(33)18(14-35-25(17)32)28-23(30)20-21(29)19(34-5)12-13-27-20/h9-10,12-13,15-18,22,29H,6-8,11,14H2,1-5H3,(H,28,30). The number of methoxy groups -OCH3 is 1. The number of pyridine rings is 1. The summed E-state index contributed by atoms with van der Waals surface area (Å²) in [5.41, 5.74) is -0.384. The quantitative estimate of drug-likeness (QED) is 0.204. The van der Waals surface area contributed by atoms with Crippen molar-refractivity contribution >= 4 is 23.8 Å². The summed E-state index contributed by atoms with van der Waals surface area (Å²) in [6, 6.07) is -0.0363. The van der Waals surface area contributed by atoms with E-state index in [1.165, 1.54) is 26.3 Å². The van der Waals surface area contributed by atoms with Gasteiger partial charge in [-0.25, -0.2) is 9.78 Å². The highest BCUT2D eigenvalue weighted by Crippen LogP contribution is 2.28. The number of amides is 1. The predicted octanol–water partition coefficient (Wildman–Crippen LogP) is 2.70. The van der Waals surface area contributed by atoms with E-state index in [1.54, 1.807) is 13.8 Å². The highest BCUT2D eigenvalue weighted by molar-refractivity contribution is 5.98. The van der Waals surface area contributed by atoms with Gasteiger partial charge in [0.2, 0.25) is 0 Å². The molecular weight excluding hydrogens is 484 g/mol. The van der Waals surface area contributed by atoms with E-state index in [-0.39, 0.29) is 17.9 Å². The summed E-state index contributed by atoms with van der Waals surface area (Å²) in [6.07, 6.45) is 5.95. The van der Waals surface area contributed by atoms with Crippen LogP contribution in [0.25, 0.3) is 0 Å². The lowest BCUT2D eigenvalue weighted by Crippen LogP contribution is -2.46. The fourth-order valence-corrected chi connectivity index (χ4v) is 3.59. The summed E-state index contributed by atoms with van der Waals surface area (Å²) in [5, 5.41) is 12.6. The molecule has 2 heterocycles. The van der Waals surface area contributed by atoms with Crippen LogP contribution >= 0.6 is 0 Å². The molecule has 1 aliphatic rings. The van der Waals surface area contributed by atoms with Crippen LogP contribution in [0, 0.1) is 11.8 Å². The molecule has 2 N–H and O–H groups in total. The van der Waals surface area contributed by atoms with Gasteiger partial charge in [0.1, 0.15) is 18.6 Å². The van der Waals surface area contributed by atoms with Crippen LogP contribution in [0.15, 0.2) is 24.4 Å². The van der Waals surface area contributed by atoms with Gasteiger partial charge in [-0.1, -0.05) is 45.8 Å². The Morgan fingerprint density at radius 2 is 2.00 bits per heavy atom. The number of allylic oxidation sites excluding steroid dienone is 2. The number of nitrogens with one attached hydrogen (secondary N) is 1. The number of aromatic nitrogens is 1. The largest absolute Gasteiger partial charge is 0.503 e. The molecule has 0 saturated carbocycles. The van der Waals surface area contributed by atoms with E-state index in [4.69, 9.17) is 18.9 Å². The van der Waals surface area contributed by atoms with Gasteiger partial charge in [-0.15, -0.1) is 0 Å². The number of unbranched alkanes of at least 4 members (excludes halogenated alkanes) is 2. The van der Waals surface area contributed by atoms with Gasteiger partial charge in [0.05, 0.1) is 13.0 Å². The zero-order valence-electron chi connectivity index (χ0n) is 21.9. The Balaban J connectivity index is 2.28. The zero-order valence-corrected chi connectivity index (χ0v) is 21.9. The lowest BCUT2D eigenvalue weighted by molar-refractivity contribution is -0.176. The number of cyclic esters (lactones) is 2. The summed E-state index contributed by atoms with van der Waals surface area (Å²) < 4.78 is 21.5. The van der Waals surface area contributed by atoms with E-state index >= 15 is 0 Å². The second kappa shape index (κ2) is 14.2. The van der Waals surface area contributed by atoms with Crippen molar-refractivity contribution in [1.29, 1.82) is 0 Å². The molecule has 11 nitrogen and oxygen atoms in total. The third-order valence-electron chi connectivity index (χ3n) is 5.77. The van der Waals surface area contributed by atoms with Gasteiger partial charge in [0.15, 0.2) is 29.3 Å². The Bertz CT molecular complexity index is 992. The van der Waals surface area contributed by atoms with Crippen LogP contribution in [-0.4, -0.2) is 65.9 Å². The number of esters is 3. The first kappa shape index (κ1) is 29.6. The molecule has 2 rings (SSSR count). The fraction of sp³-hybridized carbons (Fsp3) is 0.577. The molecule has 37 heavy (non-hydrogen) atoms. The highest BCUT2D eigenvalue weighted by Gasteiger charge is 2.41. The second-order valence-electron chi connectivity index (χ2n) is 9.02. The maximum atomic E-state index is 13.1. The molecule has 0 radical (unpaired) electrons. The van der Waals surface area contributed by atoms with Gasteiger partial charge >= 0.3 is 17.9 Å². The summed E-state index contributed by atoms with van der Waals surface area (Å²) in [5.74, 6) is -4.95. The Morgan fingerprint density at radius 3 is 2.65 bits per heavy atom. The minimum Gasteiger partial charge on any atom is -0.503 e. The number of carbonyl (C=O) groups excluding carboxylic acids is 4. The molecule has 1 aliphatic heterocycles. The molecule has 1 amide bonds. The zero-order chi connectivity index (χ0) is 27.5. The molecule has 0 bridgehead atoms. The SMILES string of the molecule is CCCCC=CCC1C(=O)OCC(NC(=O)c2nccc(OC)c2O)C(=O)OC(C)C1OC(=O)C(C)C. The molecule has 4 atom stereocenters. The Morgan fingerprint density at radius 1 is 1.27 bits per heavy atom. The Labute approximate surface area is 216 Å². The normalized spacial score (nSPS) is 22.4. The van der Waals surface area contributed by atoms with Crippen molar-refractivity contribution in [3.8, 4) is 11.5 Å². The number of hydrogen-bond donors (Lipinski definition) is 2. The fourth-order valence-electron chi connectivity index (χ4n) is 3.59. The van der Waals surface area contributed by atoms with E-state index in [0.717, 1.165) is 19.3 Å². The van der Waals surface area contributed by atoms with Crippen molar-refractivity contribution in [2.24, 2.45) is 11.8 Å². The van der Waals surface area contributed by atoms with Crippen molar-refractivity contribution in [2.75, 3.05) is 13.7 Å². The smallest absolute Gasteiger partial charge is 0.332 e. The first-order valence-corrected chi connectivity index (χ1v) is 12.4. The third-order valence-corrected chi connectivity index (χ3v) is 5.77. The van der Waals surface area contributed by atoms with E-state index in [1.807, 2.05) is 12.2 Å². The molecule has 0 aliphatic carbocycles. The average molecular weight is 521 g/mol. The second-order valence-corrected chi connectivity index (χ2v) is 9.02. The predicted molar refractivity (Wildman–Crippen MR) is 132 cm³/mol. The van der Waals surface area contributed by atoms with E-state index in [0.29, 0.717) is 0 Å². The molecule has 1 aromatic heterocycles. The molecule has 1 saturated heterocycles.